The monoisotopic (exact) mass is 379 g/mol. The van der Waals surface area contributed by atoms with E-state index in [1.165, 1.54) is 19.2 Å². The fourth-order valence-corrected chi connectivity index (χ4v) is 3.01. The van der Waals surface area contributed by atoms with Crippen LogP contribution in [0.4, 0.5) is 10.1 Å². The van der Waals surface area contributed by atoms with E-state index in [2.05, 4.69) is 9.91 Å². The molecule has 0 saturated heterocycles. The van der Waals surface area contributed by atoms with Crippen molar-refractivity contribution in [1.29, 1.82) is 0 Å². The number of rotatable bonds is 6. The number of esters is 1. The number of ether oxygens (including phenoxy) is 2. The van der Waals surface area contributed by atoms with Gasteiger partial charge in [-0.15, -0.1) is 4.91 Å². The van der Waals surface area contributed by atoms with Gasteiger partial charge in [0.15, 0.2) is 0 Å². The van der Waals surface area contributed by atoms with Gasteiger partial charge in [0.05, 0.1) is 19.8 Å². The molecule has 0 unspecified atom stereocenters. The smallest absolute Gasteiger partial charge is 0.340 e. The van der Waals surface area contributed by atoms with Crippen LogP contribution in [0.3, 0.4) is 0 Å². The lowest BCUT2D eigenvalue weighted by Crippen LogP contribution is -2.05. The number of hydrogen-bond acceptors (Lipinski definition) is 5. The van der Waals surface area contributed by atoms with Crippen molar-refractivity contribution in [2.45, 2.75) is 6.42 Å². The number of hydrogen-bond donors (Lipinski definition) is 0. The molecule has 0 fully saturated rings. The molecular formula is C22H18FNO4. The predicted octanol–water partition coefficient (Wildman–Crippen LogP) is 5.28. The molecule has 0 aromatic heterocycles. The zero-order chi connectivity index (χ0) is 20.1. The van der Waals surface area contributed by atoms with Gasteiger partial charge in [-0.05, 0) is 64.7 Å². The largest absolute Gasteiger partial charge is 0.496 e. The van der Waals surface area contributed by atoms with Crippen molar-refractivity contribution in [2.75, 3.05) is 14.2 Å². The number of carbonyl (C=O) groups is 1. The average Bonchev–Trinajstić information content (AvgIpc) is 2.74. The van der Waals surface area contributed by atoms with E-state index in [1.807, 2.05) is 24.3 Å². The zero-order valence-corrected chi connectivity index (χ0v) is 15.4. The van der Waals surface area contributed by atoms with Crippen molar-refractivity contribution in [2.24, 2.45) is 5.18 Å². The molecule has 0 spiro atoms. The van der Waals surface area contributed by atoms with Crippen molar-refractivity contribution >= 4 is 11.7 Å². The summed E-state index contributed by atoms with van der Waals surface area (Å²) in [6.45, 7) is 0. The fourth-order valence-electron chi connectivity index (χ4n) is 3.01. The van der Waals surface area contributed by atoms with Gasteiger partial charge in [0.1, 0.15) is 17.3 Å². The number of halogens is 1. The van der Waals surface area contributed by atoms with E-state index >= 15 is 0 Å². The van der Waals surface area contributed by atoms with Crippen LogP contribution in [-0.4, -0.2) is 20.2 Å². The Morgan fingerprint density at radius 3 is 2.46 bits per heavy atom. The highest BCUT2D eigenvalue weighted by Crippen LogP contribution is 2.33. The van der Waals surface area contributed by atoms with E-state index in [4.69, 9.17) is 4.74 Å². The average molecular weight is 379 g/mol. The molecule has 6 heteroatoms. The first-order valence-corrected chi connectivity index (χ1v) is 8.53. The summed E-state index contributed by atoms with van der Waals surface area (Å²) in [6.07, 6.45) is 0.479. The maximum atomic E-state index is 13.8. The summed E-state index contributed by atoms with van der Waals surface area (Å²) >= 11 is 0. The summed E-state index contributed by atoms with van der Waals surface area (Å²) in [4.78, 5) is 22.6. The van der Waals surface area contributed by atoms with E-state index in [0.29, 0.717) is 17.9 Å². The highest BCUT2D eigenvalue weighted by molar-refractivity contribution is 5.89. The van der Waals surface area contributed by atoms with E-state index in [-0.39, 0.29) is 5.56 Å². The Morgan fingerprint density at radius 1 is 1.00 bits per heavy atom. The van der Waals surface area contributed by atoms with Crippen molar-refractivity contribution in [3.8, 4) is 16.9 Å². The van der Waals surface area contributed by atoms with Gasteiger partial charge in [-0.3, -0.25) is 0 Å². The molecule has 28 heavy (non-hydrogen) atoms. The van der Waals surface area contributed by atoms with E-state index in [9.17, 15) is 14.1 Å². The summed E-state index contributed by atoms with van der Waals surface area (Å²) in [7, 11) is 2.79. The molecule has 3 aromatic rings. The Hall–Kier alpha value is -3.54. The Kier molecular flexibility index (Phi) is 5.79. The van der Waals surface area contributed by atoms with Crippen molar-refractivity contribution in [3.05, 3.63) is 88.1 Å². The molecule has 0 radical (unpaired) electrons. The third kappa shape index (κ3) is 4.06. The van der Waals surface area contributed by atoms with Crippen LogP contribution >= 0.6 is 0 Å². The summed E-state index contributed by atoms with van der Waals surface area (Å²) in [5, 5.41) is 2.97. The lowest BCUT2D eigenvalue weighted by atomic mass is 9.97. The van der Waals surface area contributed by atoms with Gasteiger partial charge in [0.25, 0.3) is 0 Å². The molecule has 0 atom stereocenters. The van der Waals surface area contributed by atoms with Gasteiger partial charge in [-0.2, -0.15) is 0 Å². The Bertz CT molecular complexity index is 1030. The SMILES string of the molecule is COC(=O)c1cc(Cc2ccc(OC)c(-c3cccc(N=O)c3)c2)ccc1F. The third-order valence-electron chi connectivity index (χ3n) is 4.37. The van der Waals surface area contributed by atoms with Crippen LogP contribution < -0.4 is 4.74 Å². The maximum Gasteiger partial charge on any atom is 0.340 e. The topological polar surface area (TPSA) is 65.0 Å². The molecule has 0 bridgehead atoms. The Balaban J connectivity index is 1.98. The summed E-state index contributed by atoms with van der Waals surface area (Å²) in [5.41, 5.74) is 3.53. The van der Waals surface area contributed by atoms with Crippen molar-refractivity contribution in [1.82, 2.24) is 0 Å². The van der Waals surface area contributed by atoms with Gasteiger partial charge in [-0.25, -0.2) is 9.18 Å². The molecule has 142 valence electrons. The van der Waals surface area contributed by atoms with E-state index in [1.54, 1.807) is 31.4 Å². The van der Waals surface area contributed by atoms with Gasteiger partial charge in [-0.1, -0.05) is 24.3 Å². The van der Waals surface area contributed by atoms with Gasteiger partial charge < -0.3 is 9.47 Å². The normalized spacial score (nSPS) is 10.4. The molecule has 3 aromatic carbocycles. The standard InChI is InChI=1S/C22H18FNO4/c1-27-21-9-7-15(11-18(21)16-4-3-5-17(13-16)24-26)10-14-6-8-20(23)19(12-14)22(25)28-2/h3-9,11-13H,10H2,1-2H3. The zero-order valence-electron chi connectivity index (χ0n) is 15.4. The first kappa shape index (κ1) is 19.2. The van der Waals surface area contributed by atoms with Gasteiger partial charge in [0.2, 0.25) is 0 Å². The minimum atomic E-state index is -0.715. The minimum Gasteiger partial charge on any atom is -0.496 e. The summed E-state index contributed by atoms with van der Waals surface area (Å²) in [6, 6.07) is 17.0. The molecule has 0 heterocycles. The highest BCUT2D eigenvalue weighted by Gasteiger charge is 2.14. The quantitative estimate of drug-likeness (QED) is 0.432. The van der Waals surface area contributed by atoms with E-state index in [0.717, 1.165) is 22.3 Å². The van der Waals surface area contributed by atoms with Crippen molar-refractivity contribution in [3.63, 3.8) is 0 Å². The van der Waals surface area contributed by atoms with Gasteiger partial charge >= 0.3 is 5.97 Å². The molecule has 0 N–H and O–H groups in total. The Labute approximate surface area is 161 Å². The molecule has 5 nitrogen and oxygen atoms in total. The molecule has 0 amide bonds. The first-order valence-electron chi connectivity index (χ1n) is 8.53. The van der Waals surface area contributed by atoms with E-state index < -0.39 is 11.8 Å². The van der Waals surface area contributed by atoms with Crippen LogP contribution in [0.5, 0.6) is 5.75 Å². The summed E-state index contributed by atoms with van der Waals surface area (Å²) in [5.74, 6) is -0.682. The second kappa shape index (κ2) is 8.43. The Morgan fingerprint density at radius 2 is 1.75 bits per heavy atom. The fraction of sp³-hybridized carbons (Fsp3) is 0.136. The second-order valence-corrected chi connectivity index (χ2v) is 6.16. The third-order valence-corrected chi connectivity index (χ3v) is 4.37. The molecule has 0 aliphatic rings. The lowest BCUT2D eigenvalue weighted by molar-refractivity contribution is 0.0595. The molecular weight excluding hydrogens is 361 g/mol. The molecule has 0 aliphatic heterocycles. The summed E-state index contributed by atoms with van der Waals surface area (Å²) < 4.78 is 23.9. The maximum absolute atomic E-state index is 13.8. The number of nitroso groups, excluding NO2 is 1. The number of benzene rings is 3. The van der Waals surface area contributed by atoms with Crippen LogP contribution in [-0.2, 0) is 11.2 Å². The minimum absolute atomic E-state index is 0.0986. The van der Waals surface area contributed by atoms with Crippen LogP contribution in [0.1, 0.15) is 21.5 Å². The van der Waals surface area contributed by atoms with Crippen LogP contribution in [0.15, 0.2) is 65.8 Å². The number of carbonyl (C=O) groups excluding carboxylic acids is 1. The molecule has 3 rings (SSSR count). The van der Waals surface area contributed by atoms with Crippen LogP contribution in [0.2, 0.25) is 0 Å². The number of nitrogens with zero attached hydrogens (tertiary/aromatic N) is 1. The number of methoxy groups -OCH3 is 2. The van der Waals surface area contributed by atoms with Crippen LogP contribution in [0, 0.1) is 10.7 Å². The van der Waals surface area contributed by atoms with Crippen LogP contribution in [0.25, 0.3) is 11.1 Å². The predicted molar refractivity (Wildman–Crippen MR) is 104 cm³/mol. The van der Waals surface area contributed by atoms with Crippen molar-refractivity contribution < 1.29 is 18.7 Å². The molecule has 0 aliphatic carbocycles. The highest BCUT2D eigenvalue weighted by atomic mass is 19.1. The van der Waals surface area contributed by atoms with Gasteiger partial charge in [0, 0.05) is 5.56 Å². The first-order chi connectivity index (χ1) is 13.5. The second-order valence-electron chi connectivity index (χ2n) is 6.16. The lowest BCUT2D eigenvalue weighted by Gasteiger charge is -2.12. The molecule has 0 saturated carbocycles.